The summed E-state index contributed by atoms with van der Waals surface area (Å²) in [5, 5.41) is 0.337. The number of aromatic nitrogens is 2. The third-order valence-corrected chi connectivity index (χ3v) is 6.80. The molecule has 31 heavy (non-hydrogen) atoms. The Morgan fingerprint density at radius 1 is 1.29 bits per heavy atom. The van der Waals surface area contributed by atoms with E-state index in [0.717, 1.165) is 12.4 Å². The van der Waals surface area contributed by atoms with E-state index in [1.54, 1.807) is 6.07 Å². The van der Waals surface area contributed by atoms with Gasteiger partial charge in [0.25, 0.3) is 6.43 Å². The highest BCUT2D eigenvalue weighted by atomic mass is 32.2. The number of nitrogens with zero attached hydrogens (tertiary/aromatic N) is 3. The molecule has 2 N–H and O–H groups in total. The van der Waals surface area contributed by atoms with Crippen LogP contribution in [0.5, 0.6) is 0 Å². The zero-order chi connectivity index (χ0) is 22.2. The van der Waals surface area contributed by atoms with Gasteiger partial charge in [-0.25, -0.2) is 22.5 Å². The molecule has 0 radical (unpaired) electrons. The molecule has 1 aromatic carbocycles. The molecule has 0 spiro atoms. The van der Waals surface area contributed by atoms with E-state index in [1.165, 1.54) is 23.9 Å². The van der Waals surface area contributed by atoms with Gasteiger partial charge in [-0.05, 0) is 37.0 Å². The Morgan fingerprint density at radius 3 is 2.81 bits per heavy atom. The molecule has 0 amide bonds. The van der Waals surface area contributed by atoms with Gasteiger partial charge < -0.3 is 5.73 Å². The molecule has 2 aromatic rings. The molecule has 0 saturated heterocycles. The number of thioether (sulfide) groups is 1. The van der Waals surface area contributed by atoms with E-state index in [9.17, 15) is 22.4 Å². The molecule has 1 saturated carbocycles. The Balaban J connectivity index is 1.64. The van der Waals surface area contributed by atoms with Crippen LogP contribution in [-0.4, -0.2) is 32.8 Å². The molecule has 1 aliphatic carbocycles. The van der Waals surface area contributed by atoms with E-state index in [2.05, 4.69) is 15.0 Å². The first kappa shape index (κ1) is 21.7. The average Bonchev–Trinajstić information content (AvgIpc) is 2.75. The van der Waals surface area contributed by atoms with Crippen molar-refractivity contribution in [2.75, 3.05) is 5.75 Å². The Bertz CT molecular complexity index is 1020. The monoisotopic (exact) mass is 452 g/mol. The minimum Gasteiger partial charge on any atom is -0.379 e. The number of nitrogens with two attached hydrogens (primary N) is 1. The van der Waals surface area contributed by atoms with E-state index in [4.69, 9.17) is 5.73 Å². The molecule has 1 aromatic heterocycles. The molecule has 0 unspecified atom stereocenters. The molecule has 2 heterocycles. The molecular formula is C21H20F4N4OS. The molecule has 1 aliphatic heterocycles. The number of hydrogen-bond acceptors (Lipinski definition) is 6. The van der Waals surface area contributed by atoms with Crippen LogP contribution in [0.15, 0.2) is 35.6 Å². The quantitative estimate of drug-likeness (QED) is 0.538. The molecule has 0 bridgehead atoms. The van der Waals surface area contributed by atoms with Gasteiger partial charge in [-0.1, -0.05) is 17.8 Å². The Morgan fingerprint density at radius 2 is 2.10 bits per heavy atom. The summed E-state index contributed by atoms with van der Waals surface area (Å²) in [4.78, 5) is 24.4. The summed E-state index contributed by atoms with van der Waals surface area (Å²) in [6.07, 6.45) is -1.12. The number of ketones is 1. The summed E-state index contributed by atoms with van der Waals surface area (Å²) in [6, 6.07) is 4.33. The van der Waals surface area contributed by atoms with Crippen molar-refractivity contribution in [2.24, 2.45) is 16.6 Å². The van der Waals surface area contributed by atoms with Crippen molar-refractivity contribution in [2.45, 2.75) is 43.8 Å². The molecule has 5 nitrogen and oxygen atoms in total. The van der Waals surface area contributed by atoms with Crippen LogP contribution in [0.2, 0.25) is 0 Å². The van der Waals surface area contributed by atoms with Gasteiger partial charge in [-0.2, -0.15) is 0 Å². The smallest absolute Gasteiger partial charge is 0.281 e. The maximum Gasteiger partial charge on any atom is 0.281 e. The van der Waals surface area contributed by atoms with E-state index in [-0.39, 0.29) is 30.9 Å². The molecule has 1 fully saturated rings. The van der Waals surface area contributed by atoms with Crippen LogP contribution in [0.25, 0.3) is 0 Å². The third-order valence-electron chi connectivity index (χ3n) is 5.84. The van der Waals surface area contributed by atoms with Crippen LogP contribution < -0.4 is 5.73 Å². The number of hydrogen-bond donors (Lipinski definition) is 1. The number of rotatable bonds is 5. The predicted molar refractivity (Wildman–Crippen MR) is 109 cm³/mol. The Hall–Kier alpha value is -2.49. The number of fused-ring (bicyclic) bond motifs is 1. The second kappa shape index (κ2) is 8.57. The predicted octanol–water partition coefficient (Wildman–Crippen LogP) is 4.37. The normalized spacial score (nSPS) is 25.8. The zero-order valence-electron chi connectivity index (χ0n) is 16.4. The Kier molecular flexibility index (Phi) is 6.00. The van der Waals surface area contributed by atoms with E-state index >= 15 is 0 Å². The fourth-order valence-corrected chi connectivity index (χ4v) is 5.28. The maximum absolute atomic E-state index is 14.9. The fraction of sp³-hybridized carbons (Fsp3) is 0.429. The first-order valence-electron chi connectivity index (χ1n) is 9.83. The van der Waals surface area contributed by atoms with Gasteiger partial charge in [0.2, 0.25) is 0 Å². The number of amidine groups is 1. The molecule has 4 rings (SSSR count). The zero-order valence-corrected chi connectivity index (χ0v) is 17.2. The highest BCUT2D eigenvalue weighted by Gasteiger charge is 2.48. The Labute approximate surface area is 180 Å². The summed E-state index contributed by atoms with van der Waals surface area (Å²) >= 11 is 1.34. The first-order chi connectivity index (χ1) is 14.8. The number of halogens is 4. The van der Waals surface area contributed by atoms with Crippen molar-refractivity contribution in [3.05, 3.63) is 58.9 Å². The fourth-order valence-electron chi connectivity index (χ4n) is 4.27. The number of aliphatic imine (C=N–C) groups is 1. The lowest BCUT2D eigenvalue weighted by atomic mass is 9.68. The minimum absolute atomic E-state index is 0.0550. The van der Waals surface area contributed by atoms with E-state index < -0.39 is 35.4 Å². The number of carbonyl (C=O) groups is 1. The van der Waals surface area contributed by atoms with Crippen LogP contribution in [0, 0.1) is 11.7 Å². The van der Waals surface area contributed by atoms with Gasteiger partial charge in [0, 0.05) is 23.7 Å². The van der Waals surface area contributed by atoms with Crippen molar-refractivity contribution in [1.29, 1.82) is 0 Å². The van der Waals surface area contributed by atoms with Crippen LogP contribution >= 0.6 is 11.8 Å². The highest BCUT2D eigenvalue weighted by Crippen LogP contribution is 2.50. The van der Waals surface area contributed by atoms with Crippen LogP contribution in [0.1, 0.15) is 53.0 Å². The number of alkyl halides is 3. The molecular weight excluding hydrogens is 432 g/mol. The summed E-state index contributed by atoms with van der Waals surface area (Å²) in [6.45, 7) is 0. The van der Waals surface area contributed by atoms with Crippen molar-refractivity contribution >= 4 is 22.7 Å². The molecule has 3 atom stereocenters. The minimum atomic E-state index is -2.77. The molecule has 164 valence electrons. The maximum atomic E-state index is 14.9. The lowest BCUT2D eigenvalue weighted by Gasteiger charge is -2.45. The van der Waals surface area contributed by atoms with Crippen molar-refractivity contribution in [3.8, 4) is 0 Å². The first-order valence-corrected chi connectivity index (χ1v) is 10.8. The van der Waals surface area contributed by atoms with Gasteiger partial charge in [0.05, 0.1) is 17.9 Å². The second-order valence-corrected chi connectivity index (χ2v) is 8.84. The average molecular weight is 452 g/mol. The van der Waals surface area contributed by atoms with E-state index in [1.807, 2.05) is 0 Å². The number of Topliss-reactive ketones (excluding diaryl/α,β-unsaturated/α-hetero) is 1. The standard InChI is InChI=1S/C21H20F4N4OS/c22-13-3-4-21(12(7-13)10-31-20(26)29-21)14-5-11(1-2-15(14)23)6-18(30)16-8-28-17(9-27-16)19(24)25/h1-2,5,8-9,12-13,19H,3-4,6-7,10H2,(H2,26,29)/t12-,13+,21-/m0/s1. The molecule has 10 heteroatoms. The van der Waals surface area contributed by atoms with Gasteiger partial charge in [-0.3, -0.25) is 14.8 Å². The summed E-state index contributed by atoms with van der Waals surface area (Å²) in [7, 11) is 0. The van der Waals surface area contributed by atoms with Gasteiger partial charge >= 0.3 is 0 Å². The van der Waals surface area contributed by atoms with Crippen molar-refractivity contribution < 1.29 is 22.4 Å². The molecule has 2 aliphatic rings. The highest BCUT2D eigenvalue weighted by molar-refractivity contribution is 8.13. The SMILES string of the molecule is NC1=N[C@@]2(c3cc(CC(=O)c4cnc(C(F)F)cn4)ccc3F)CC[C@@H](F)C[C@H]2CS1. The summed E-state index contributed by atoms with van der Waals surface area (Å²) in [5.74, 6) is -0.579. The van der Waals surface area contributed by atoms with Crippen LogP contribution in [0.4, 0.5) is 17.6 Å². The summed E-state index contributed by atoms with van der Waals surface area (Å²) < 4.78 is 54.3. The van der Waals surface area contributed by atoms with Gasteiger partial charge in [0.1, 0.15) is 23.4 Å². The van der Waals surface area contributed by atoms with Crippen molar-refractivity contribution in [3.63, 3.8) is 0 Å². The number of benzene rings is 1. The number of carbonyl (C=O) groups excluding carboxylic acids is 1. The van der Waals surface area contributed by atoms with Crippen LogP contribution in [-0.2, 0) is 12.0 Å². The topological polar surface area (TPSA) is 81.2 Å². The lowest BCUT2D eigenvalue weighted by Crippen LogP contribution is -2.45. The van der Waals surface area contributed by atoms with E-state index in [0.29, 0.717) is 28.5 Å². The third kappa shape index (κ3) is 4.30. The van der Waals surface area contributed by atoms with Gasteiger partial charge in [-0.15, -0.1) is 0 Å². The summed E-state index contributed by atoms with van der Waals surface area (Å²) in [5.41, 5.74) is 5.24. The second-order valence-electron chi connectivity index (χ2n) is 7.80. The largest absolute Gasteiger partial charge is 0.379 e. The van der Waals surface area contributed by atoms with Crippen LogP contribution in [0.3, 0.4) is 0 Å². The van der Waals surface area contributed by atoms with Gasteiger partial charge in [0.15, 0.2) is 11.0 Å². The lowest BCUT2D eigenvalue weighted by molar-refractivity contribution is 0.0986. The van der Waals surface area contributed by atoms with Crippen molar-refractivity contribution in [1.82, 2.24) is 9.97 Å².